The van der Waals surface area contributed by atoms with Gasteiger partial charge in [-0.1, -0.05) is 30.2 Å². The molecular formula is C15H20O3S. The maximum absolute atomic E-state index is 12.2. The second kappa shape index (κ2) is 5.88. The molecule has 1 aliphatic rings. The van der Waals surface area contributed by atoms with E-state index in [1.54, 1.807) is 24.3 Å². The number of rotatable bonds is 5. The lowest BCUT2D eigenvalue weighted by Crippen LogP contribution is -2.22. The minimum atomic E-state index is -3.65. The van der Waals surface area contributed by atoms with Crippen LogP contribution in [0.3, 0.4) is 0 Å². The van der Waals surface area contributed by atoms with E-state index in [1.165, 1.54) is 0 Å². The second-order valence-corrected chi connectivity index (χ2v) is 6.69. The lowest BCUT2D eigenvalue weighted by molar-refractivity contribution is 0.167. The van der Waals surface area contributed by atoms with Crippen LogP contribution in [-0.2, 0) is 14.3 Å². The first-order valence-corrected chi connectivity index (χ1v) is 8.04. The van der Waals surface area contributed by atoms with Gasteiger partial charge in [0.25, 0.3) is 10.1 Å². The Morgan fingerprint density at radius 1 is 1.32 bits per heavy atom. The number of hydrogen-bond acceptors (Lipinski definition) is 3. The van der Waals surface area contributed by atoms with Crippen molar-refractivity contribution in [3.05, 3.63) is 42.5 Å². The van der Waals surface area contributed by atoms with Crippen molar-refractivity contribution in [1.29, 1.82) is 0 Å². The zero-order valence-corrected chi connectivity index (χ0v) is 12.0. The molecule has 1 fully saturated rings. The van der Waals surface area contributed by atoms with Crippen molar-refractivity contribution in [3.8, 4) is 0 Å². The van der Waals surface area contributed by atoms with Gasteiger partial charge in [0.05, 0.1) is 11.0 Å². The summed E-state index contributed by atoms with van der Waals surface area (Å²) in [6.07, 6.45) is 5.29. The molecule has 19 heavy (non-hydrogen) atoms. The smallest absolute Gasteiger partial charge is 0.263 e. The van der Waals surface area contributed by atoms with Gasteiger partial charge in [-0.3, -0.25) is 4.18 Å². The van der Waals surface area contributed by atoms with Gasteiger partial charge in [0.2, 0.25) is 0 Å². The summed E-state index contributed by atoms with van der Waals surface area (Å²) in [7, 11) is -3.65. The summed E-state index contributed by atoms with van der Waals surface area (Å²) in [5.74, 6) is 0.276. The fourth-order valence-electron chi connectivity index (χ4n) is 2.54. The van der Waals surface area contributed by atoms with Crippen LogP contribution in [0.15, 0.2) is 41.8 Å². The van der Waals surface area contributed by atoms with Crippen LogP contribution in [0.25, 0.3) is 0 Å². The Hall–Kier alpha value is -1.13. The largest absolute Gasteiger partial charge is 0.297 e. The highest BCUT2D eigenvalue weighted by Crippen LogP contribution is 2.33. The van der Waals surface area contributed by atoms with Crippen molar-refractivity contribution in [2.75, 3.05) is 0 Å². The average molecular weight is 280 g/mol. The van der Waals surface area contributed by atoms with Crippen LogP contribution in [-0.4, -0.2) is 14.5 Å². The normalized spacial score (nSPS) is 23.4. The van der Waals surface area contributed by atoms with Gasteiger partial charge in [-0.15, -0.1) is 6.58 Å². The van der Waals surface area contributed by atoms with E-state index in [9.17, 15) is 8.42 Å². The Labute approximate surface area is 115 Å². The van der Waals surface area contributed by atoms with E-state index in [2.05, 4.69) is 6.58 Å². The lowest BCUT2D eigenvalue weighted by Gasteiger charge is -2.18. The van der Waals surface area contributed by atoms with E-state index < -0.39 is 10.1 Å². The van der Waals surface area contributed by atoms with Gasteiger partial charge in [-0.05, 0) is 44.2 Å². The summed E-state index contributed by atoms with van der Waals surface area (Å²) in [6, 6.07) is 6.77. The molecule has 0 heterocycles. The molecule has 0 amide bonds. The standard InChI is InChI=1S/C15H20O3S/c1-3-5-13-6-4-7-15(13)18-19(16,17)14-10-8-12(2)9-11-14/h3,8-11,13,15H,1,4-7H2,2H3/t13-,15-/m0/s1. The monoisotopic (exact) mass is 280 g/mol. The van der Waals surface area contributed by atoms with E-state index >= 15 is 0 Å². The number of aryl methyl sites for hydroxylation is 1. The SMILES string of the molecule is C=CC[C@H]1CCC[C@@H]1OS(=O)(=O)c1ccc(C)cc1. The van der Waals surface area contributed by atoms with Gasteiger partial charge in [0.1, 0.15) is 0 Å². The third-order valence-electron chi connectivity index (χ3n) is 3.62. The molecule has 1 aliphatic carbocycles. The molecule has 0 N–H and O–H groups in total. The molecule has 4 heteroatoms. The molecule has 1 aromatic rings. The minimum Gasteiger partial charge on any atom is -0.263 e. The van der Waals surface area contributed by atoms with Crippen LogP contribution in [0, 0.1) is 12.8 Å². The summed E-state index contributed by atoms with van der Waals surface area (Å²) in [6.45, 7) is 5.64. The average Bonchev–Trinajstić information content (AvgIpc) is 2.77. The summed E-state index contributed by atoms with van der Waals surface area (Å²) in [4.78, 5) is 0.238. The van der Waals surface area contributed by atoms with E-state index in [1.807, 2.05) is 13.0 Å². The van der Waals surface area contributed by atoms with Crippen molar-refractivity contribution < 1.29 is 12.6 Å². The molecule has 104 valence electrons. The highest BCUT2D eigenvalue weighted by molar-refractivity contribution is 7.86. The Morgan fingerprint density at radius 2 is 2.00 bits per heavy atom. The summed E-state index contributed by atoms with van der Waals surface area (Å²) < 4.78 is 29.8. The van der Waals surface area contributed by atoms with Crippen LogP contribution < -0.4 is 0 Å². The van der Waals surface area contributed by atoms with Crippen LogP contribution in [0.5, 0.6) is 0 Å². The molecule has 0 radical (unpaired) electrons. The first kappa shape index (κ1) is 14.3. The van der Waals surface area contributed by atoms with Crippen molar-refractivity contribution in [2.24, 2.45) is 5.92 Å². The Bertz CT molecular complexity index is 531. The molecule has 2 atom stereocenters. The molecule has 0 aromatic heterocycles. The fraction of sp³-hybridized carbons (Fsp3) is 0.467. The number of hydrogen-bond donors (Lipinski definition) is 0. The molecule has 0 unspecified atom stereocenters. The molecular weight excluding hydrogens is 260 g/mol. The summed E-state index contributed by atoms with van der Waals surface area (Å²) in [5.41, 5.74) is 1.03. The Balaban J connectivity index is 2.12. The molecule has 3 nitrogen and oxygen atoms in total. The van der Waals surface area contributed by atoms with E-state index in [4.69, 9.17) is 4.18 Å². The lowest BCUT2D eigenvalue weighted by atomic mass is 10.0. The van der Waals surface area contributed by atoms with Crippen LogP contribution in [0.2, 0.25) is 0 Å². The third kappa shape index (κ3) is 3.45. The topological polar surface area (TPSA) is 43.4 Å². The zero-order valence-electron chi connectivity index (χ0n) is 11.2. The van der Waals surface area contributed by atoms with Crippen molar-refractivity contribution in [3.63, 3.8) is 0 Å². The summed E-state index contributed by atoms with van der Waals surface area (Å²) in [5, 5.41) is 0. The van der Waals surface area contributed by atoms with Gasteiger partial charge in [-0.2, -0.15) is 8.42 Å². The fourth-order valence-corrected chi connectivity index (χ4v) is 3.70. The van der Waals surface area contributed by atoms with E-state index in [0.717, 1.165) is 31.2 Å². The highest BCUT2D eigenvalue weighted by Gasteiger charge is 2.31. The molecule has 0 bridgehead atoms. The summed E-state index contributed by atoms with van der Waals surface area (Å²) >= 11 is 0. The molecule has 0 spiro atoms. The second-order valence-electron chi connectivity index (χ2n) is 5.12. The molecule has 0 aliphatic heterocycles. The van der Waals surface area contributed by atoms with Crippen LogP contribution >= 0.6 is 0 Å². The van der Waals surface area contributed by atoms with Gasteiger partial charge >= 0.3 is 0 Å². The van der Waals surface area contributed by atoms with Crippen molar-refractivity contribution in [1.82, 2.24) is 0 Å². The first-order chi connectivity index (χ1) is 9.03. The predicted molar refractivity (Wildman–Crippen MR) is 75.4 cm³/mol. The van der Waals surface area contributed by atoms with E-state index in [-0.39, 0.29) is 16.9 Å². The number of benzene rings is 1. The van der Waals surface area contributed by atoms with Crippen molar-refractivity contribution in [2.45, 2.75) is 43.6 Å². The Kier molecular flexibility index (Phi) is 4.42. The molecule has 0 saturated heterocycles. The quantitative estimate of drug-likeness (QED) is 0.613. The van der Waals surface area contributed by atoms with E-state index in [0.29, 0.717) is 0 Å². The van der Waals surface area contributed by atoms with Gasteiger partial charge in [0.15, 0.2) is 0 Å². The van der Waals surface area contributed by atoms with Gasteiger partial charge in [-0.25, -0.2) is 0 Å². The van der Waals surface area contributed by atoms with Crippen LogP contribution in [0.4, 0.5) is 0 Å². The van der Waals surface area contributed by atoms with Gasteiger partial charge < -0.3 is 0 Å². The minimum absolute atomic E-state index is 0.204. The molecule has 1 aromatic carbocycles. The third-order valence-corrected chi connectivity index (χ3v) is 4.97. The number of allylic oxidation sites excluding steroid dienone is 1. The maximum atomic E-state index is 12.2. The van der Waals surface area contributed by atoms with Gasteiger partial charge in [0, 0.05) is 0 Å². The first-order valence-electron chi connectivity index (χ1n) is 6.64. The molecule has 2 rings (SSSR count). The highest BCUT2D eigenvalue weighted by atomic mass is 32.2. The predicted octanol–water partition coefficient (Wildman–Crippen LogP) is 3.45. The zero-order chi connectivity index (χ0) is 13.9. The van der Waals surface area contributed by atoms with Crippen LogP contribution in [0.1, 0.15) is 31.2 Å². The Morgan fingerprint density at radius 3 is 2.63 bits per heavy atom. The molecule has 1 saturated carbocycles. The maximum Gasteiger partial charge on any atom is 0.297 e. The van der Waals surface area contributed by atoms with Crippen molar-refractivity contribution >= 4 is 10.1 Å².